The van der Waals surface area contributed by atoms with Gasteiger partial charge in [-0.25, -0.2) is 9.78 Å². The molecule has 0 radical (unpaired) electrons. The van der Waals surface area contributed by atoms with Crippen molar-refractivity contribution in [3.05, 3.63) is 80.7 Å². The van der Waals surface area contributed by atoms with Crippen molar-refractivity contribution in [3.63, 3.8) is 0 Å². The van der Waals surface area contributed by atoms with Gasteiger partial charge in [-0.2, -0.15) is 0 Å². The van der Waals surface area contributed by atoms with Gasteiger partial charge in [0.05, 0.1) is 28.9 Å². The second-order valence-corrected chi connectivity index (χ2v) is 10.9. The molecule has 2 aromatic carbocycles. The Morgan fingerprint density at radius 1 is 1.11 bits per heavy atom. The fourth-order valence-corrected chi connectivity index (χ4v) is 6.64. The largest absolute Gasteiger partial charge is 0.462 e. The predicted molar refractivity (Wildman–Crippen MR) is 151 cm³/mol. The third-order valence-electron chi connectivity index (χ3n) is 7.13. The number of fused-ring (bicyclic) bond motifs is 2. The second kappa shape index (κ2) is 10.6. The molecule has 1 aliphatic rings. The molecular weight excluding hydrogens is 504 g/mol. The van der Waals surface area contributed by atoms with Crippen LogP contribution in [-0.2, 0) is 17.6 Å². The van der Waals surface area contributed by atoms with Gasteiger partial charge in [-0.05, 0) is 68.4 Å². The summed E-state index contributed by atoms with van der Waals surface area (Å²) < 4.78 is 5.41. The van der Waals surface area contributed by atoms with Crippen molar-refractivity contribution < 1.29 is 14.3 Å². The average Bonchev–Trinajstić information content (AvgIpc) is 3.25. The molecule has 4 aromatic rings. The molecule has 0 fully saturated rings. The van der Waals surface area contributed by atoms with Crippen LogP contribution in [0.2, 0.25) is 5.02 Å². The highest BCUT2D eigenvalue weighted by Crippen LogP contribution is 2.41. The van der Waals surface area contributed by atoms with Gasteiger partial charge in [-0.15, -0.1) is 11.3 Å². The first-order chi connectivity index (χ1) is 17.9. The van der Waals surface area contributed by atoms with Crippen molar-refractivity contribution in [2.75, 3.05) is 11.9 Å². The first-order valence-corrected chi connectivity index (χ1v) is 13.9. The van der Waals surface area contributed by atoms with Crippen LogP contribution in [0.1, 0.15) is 63.4 Å². The summed E-state index contributed by atoms with van der Waals surface area (Å²) in [7, 11) is 0. The number of aromatic nitrogens is 1. The van der Waals surface area contributed by atoms with Gasteiger partial charge in [0.15, 0.2) is 0 Å². The van der Waals surface area contributed by atoms with E-state index < -0.39 is 0 Å². The van der Waals surface area contributed by atoms with Crippen LogP contribution in [0.4, 0.5) is 5.00 Å². The number of nitrogens with one attached hydrogen (secondary N) is 1. The Morgan fingerprint density at radius 2 is 1.86 bits per heavy atom. The zero-order valence-electron chi connectivity index (χ0n) is 21.2. The predicted octanol–water partition coefficient (Wildman–Crippen LogP) is 7.87. The van der Waals surface area contributed by atoms with Gasteiger partial charge >= 0.3 is 5.97 Å². The number of carbonyl (C=O) groups is 2. The molecule has 2 heterocycles. The monoisotopic (exact) mass is 532 g/mol. The molecule has 0 saturated heterocycles. The highest BCUT2D eigenvalue weighted by atomic mass is 35.5. The van der Waals surface area contributed by atoms with Crippen LogP contribution in [0.15, 0.2) is 48.5 Å². The molecule has 1 N–H and O–H groups in total. The third-order valence-corrected chi connectivity index (χ3v) is 8.55. The summed E-state index contributed by atoms with van der Waals surface area (Å²) in [5.74, 6) is -0.0380. The molecule has 1 atom stereocenters. The number of hydrogen-bond acceptors (Lipinski definition) is 5. The average molecular weight is 533 g/mol. The van der Waals surface area contributed by atoms with Crippen molar-refractivity contribution in [1.29, 1.82) is 0 Å². The van der Waals surface area contributed by atoms with Gasteiger partial charge in [0.1, 0.15) is 5.00 Å². The van der Waals surface area contributed by atoms with Crippen LogP contribution in [0.3, 0.4) is 0 Å². The molecule has 0 bridgehead atoms. The van der Waals surface area contributed by atoms with Gasteiger partial charge in [0.25, 0.3) is 5.91 Å². The Kier molecular flexibility index (Phi) is 7.31. The number of ether oxygens (including phenoxy) is 1. The number of anilines is 1. The Hall–Kier alpha value is -3.22. The van der Waals surface area contributed by atoms with Gasteiger partial charge < -0.3 is 10.1 Å². The van der Waals surface area contributed by atoms with E-state index in [1.807, 2.05) is 55.5 Å². The second-order valence-electron chi connectivity index (χ2n) is 9.38. The van der Waals surface area contributed by atoms with Crippen LogP contribution in [-0.4, -0.2) is 23.5 Å². The van der Waals surface area contributed by atoms with E-state index in [2.05, 4.69) is 12.2 Å². The number of carbonyl (C=O) groups excluding carboxylic acids is 2. The topological polar surface area (TPSA) is 68.3 Å². The van der Waals surface area contributed by atoms with Crippen molar-refractivity contribution >= 4 is 50.7 Å². The highest BCUT2D eigenvalue weighted by molar-refractivity contribution is 7.17. The number of rotatable bonds is 6. The molecule has 0 aliphatic heterocycles. The summed E-state index contributed by atoms with van der Waals surface area (Å²) in [6.45, 7) is 6.20. The van der Waals surface area contributed by atoms with E-state index in [0.717, 1.165) is 59.0 Å². The van der Waals surface area contributed by atoms with E-state index in [-0.39, 0.29) is 18.5 Å². The smallest absolute Gasteiger partial charge is 0.341 e. The number of thiophene rings is 1. The molecule has 1 amide bonds. The fourth-order valence-electron chi connectivity index (χ4n) is 5.16. The van der Waals surface area contributed by atoms with Crippen LogP contribution < -0.4 is 5.32 Å². The highest BCUT2D eigenvalue weighted by Gasteiger charge is 2.30. The van der Waals surface area contributed by atoms with E-state index in [1.165, 1.54) is 16.2 Å². The number of amides is 1. The quantitative estimate of drug-likeness (QED) is 0.256. The van der Waals surface area contributed by atoms with Crippen molar-refractivity contribution in [2.45, 2.75) is 46.5 Å². The van der Waals surface area contributed by atoms with Crippen LogP contribution >= 0.6 is 22.9 Å². The standard InChI is InChI=1S/C30H29ClN2O3S/c1-4-18-10-15-22-24(16-18)37-29(26(22)30(35)36-5-2)33-28(34)25-17(3)27(19-11-13-20(31)14-12-19)32-23-9-7-6-8-21(23)25/h6-9,11-14,18H,4-5,10,15-16H2,1-3H3,(H,33,34). The number of nitrogens with zero attached hydrogens (tertiary/aromatic N) is 1. The molecule has 1 unspecified atom stereocenters. The summed E-state index contributed by atoms with van der Waals surface area (Å²) >= 11 is 7.62. The summed E-state index contributed by atoms with van der Waals surface area (Å²) in [5, 5.41) is 5.08. The number of hydrogen-bond donors (Lipinski definition) is 1. The lowest BCUT2D eigenvalue weighted by atomic mass is 9.85. The lowest BCUT2D eigenvalue weighted by Crippen LogP contribution is -2.18. The molecule has 5 rings (SSSR count). The van der Waals surface area contributed by atoms with E-state index >= 15 is 0 Å². The SMILES string of the molecule is CCOC(=O)c1c(NC(=O)c2c(C)c(-c3ccc(Cl)cc3)nc3ccccc23)sc2c1CCC(CC)C2. The Bertz CT molecular complexity index is 1490. The van der Waals surface area contributed by atoms with Gasteiger partial charge in [-0.3, -0.25) is 4.79 Å². The first-order valence-electron chi connectivity index (χ1n) is 12.7. The van der Waals surface area contributed by atoms with E-state index in [0.29, 0.717) is 27.1 Å². The molecule has 5 nitrogen and oxygen atoms in total. The van der Waals surface area contributed by atoms with Gasteiger partial charge in [-0.1, -0.05) is 55.3 Å². The Labute approximate surface area is 225 Å². The molecule has 0 saturated carbocycles. The van der Waals surface area contributed by atoms with Crippen LogP contribution in [0, 0.1) is 12.8 Å². The summed E-state index contributed by atoms with van der Waals surface area (Å²) in [5.41, 5.74) is 5.19. The number of para-hydroxylation sites is 1. The number of pyridine rings is 1. The van der Waals surface area contributed by atoms with Crippen molar-refractivity contribution in [2.24, 2.45) is 5.92 Å². The van der Waals surface area contributed by atoms with E-state index in [1.54, 1.807) is 6.92 Å². The molecule has 1 aliphatic carbocycles. The molecule has 7 heteroatoms. The number of halogens is 1. The third kappa shape index (κ3) is 4.88. The molecule has 2 aromatic heterocycles. The van der Waals surface area contributed by atoms with Gasteiger partial charge in [0.2, 0.25) is 0 Å². The lowest BCUT2D eigenvalue weighted by molar-refractivity contribution is 0.0526. The fraction of sp³-hybridized carbons (Fsp3) is 0.300. The normalized spacial score (nSPS) is 14.9. The summed E-state index contributed by atoms with van der Waals surface area (Å²) in [4.78, 5) is 33.0. The minimum absolute atomic E-state index is 0.262. The van der Waals surface area contributed by atoms with Crippen molar-refractivity contribution in [1.82, 2.24) is 4.98 Å². The molecule has 37 heavy (non-hydrogen) atoms. The number of benzene rings is 2. The zero-order chi connectivity index (χ0) is 26.1. The maximum atomic E-state index is 13.9. The first kappa shape index (κ1) is 25.4. The zero-order valence-corrected chi connectivity index (χ0v) is 22.8. The minimum atomic E-state index is -0.372. The van der Waals surface area contributed by atoms with Gasteiger partial charge in [0, 0.05) is 20.8 Å². The maximum absolute atomic E-state index is 13.9. The Morgan fingerprint density at radius 3 is 2.59 bits per heavy atom. The Balaban J connectivity index is 1.61. The van der Waals surface area contributed by atoms with E-state index in [9.17, 15) is 9.59 Å². The van der Waals surface area contributed by atoms with Crippen LogP contribution in [0.5, 0.6) is 0 Å². The summed E-state index contributed by atoms with van der Waals surface area (Å²) in [6.07, 6.45) is 3.89. The van der Waals surface area contributed by atoms with E-state index in [4.69, 9.17) is 21.3 Å². The minimum Gasteiger partial charge on any atom is -0.462 e. The number of esters is 1. The van der Waals surface area contributed by atoms with Crippen molar-refractivity contribution in [3.8, 4) is 11.3 Å². The molecular formula is C30H29ClN2O3S. The lowest BCUT2D eigenvalue weighted by Gasteiger charge is -2.21. The summed E-state index contributed by atoms with van der Waals surface area (Å²) in [6, 6.07) is 15.1. The molecule has 0 spiro atoms. The van der Waals surface area contributed by atoms with Crippen LogP contribution in [0.25, 0.3) is 22.2 Å². The molecule has 190 valence electrons. The maximum Gasteiger partial charge on any atom is 0.341 e.